The monoisotopic (exact) mass is 275 g/mol. The maximum atomic E-state index is 10.7. The van der Waals surface area contributed by atoms with Gasteiger partial charge in [0.15, 0.2) is 5.12 Å². The molecule has 0 aromatic heterocycles. The van der Waals surface area contributed by atoms with Gasteiger partial charge in [0.25, 0.3) is 0 Å². The fourth-order valence-electron chi connectivity index (χ4n) is 1.32. The highest BCUT2D eigenvalue weighted by atomic mass is 35.5. The molecule has 1 aromatic carbocycles. The number of anilines is 1. The number of benzene rings is 1. The molecule has 4 N–H and O–H groups in total. The van der Waals surface area contributed by atoms with Crippen molar-refractivity contribution >= 4 is 34.2 Å². The first-order valence-corrected chi connectivity index (χ1v) is 6.32. The van der Waals surface area contributed by atoms with Crippen LogP contribution in [-0.2, 0) is 4.79 Å². The van der Waals surface area contributed by atoms with Crippen LogP contribution < -0.4 is 5.73 Å². The molecule has 0 bridgehead atoms. The van der Waals surface area contributed by atoms with Crippen LogP contribution >= 0.6 is 23.4 Å². The molecule has 2 unspecified atom stereocenters. The molecule has 0 heterocycles. The predicted octanol–water partition coefficient (Wildman–Crippen LogP) is 1.60. The number of aliphatic hydroxyl groups excluding tert-OH is 2. The van der Waals surface area contributed by atoms with Gasteiger partial charge in [0, 0.05) is 29.0 Å². The maximum absolute atomic E-state index is 10.7. The van der Waals surface area contributed by atoms with Crippen LogP contribution in [0.5, 0.6) is 0 Å². The van der Waals surface area contributed by atoms with Crippen LogP contribution in [-0.4, -0.2) is 27.2 Å². The minimum atomic E-state index is -1.13. The zero-order chi connectivity index (χ0) is 13.0. The molecule has 0 aliphatic heterocycles. The summed E-state index contributed by atoms with van der Waals surface area (Å²) in [7, 11) is 0. The van der Waals surface area contributed by atoms with Gasteiger partial charge in [-0.05, 0) is 12.1 Å². The summed E-state index contributed by atoms with van der Waals surface area (Å²) in [6, 6.07) is 4.65. The molecule has 0 fully saturated rings. The van der Waals surface area contributed by atoms with Gasteiger partial charge < -0.3 is 15.9 Å². The average Bonchev–Trinajstić information content (AvgIpc) is 2.25. The summed E-state index contributed by atoms with van der Waals surface area (Å²) in [5.41, 5.74) is 6.41. The number of halogens is 1. The molecule has 0 saturated heterocycles. The van der Waals surface area contributed by atoms with E-state index in [0.29, 0.717) is 16.3 Å². The van der Waals surface area contributed by atoms with Crippen molar-refractivity contribution in [2.24, 2.45) is 0 Å². The number of carbonyl (C=O) groups excluding carboxylic acids is 1. The van der Waals surface area contributed by atoms with E-state index >= 15 is 0 Å². The van der Waals surface area contributed by atoms with Gasteiger partial charge in [-0.3, -0.25) is 4.79 Å². The third-order valence-electron chi connectivity index (χ3n) is 2.19. The van der Waals surface area contributed by atoms with Crippen molar-refractivity contribution in [3.8, 4) is 0 Å². The first kappa shape index (κ1) is 14.3. The van der Waals surface area contributed by atoms with Crippen LogP contribution in [0.1, 0.15) is 18.6 Å². The summed E-state index contributed by atoms with van der Waals surface area (Å²) >= 11 is 6.69. The van der Waals surface area contributed by atoms with E-state index in [2.05, 4.69) is 0 Å². The van der Waals surface area contributed by atoms with E-state index in [9.17, 15) is 15.0 Å². The molecule has 6 heteroatoms. The lowest BCUT2D eigenvalue weighted by molar-refractivity contribution is -0.109. The highest BCUT2D eigenvalue weighted by Crippen LogP contribution is 2.27. The second kappa shape index (κ2) is 6.26. The SMILES string of the molecule is CC(=O)SCC(O)C(O)c1ccc(Cl)cc1N. The van der Waals surface area contributed by atoms with E-state index in [4.69, 9.17) is 17.3 Å². The first-order valence-electron chi connectivity index (χ1n) is 4.96. The lowest BCUT2D eigenvalue weighted by Crippen LogP contribution is -2.22. The Morgan fingerprint density at radius 2 is 2.18 bits per heavy atom. The molecule has 0 aliphatic rings. The number of carbonyl (C=O) groups is 1. The number of hydrogen-bond donors (Lipinski definition) is 3. The normalized spacial score (nSPS) is 14.4. The van der Waals surface area contributed by atoms with Crippen LogP contribution in [0.25, 0.3) is 0 Å². The lowest BCUT2D eigenvalue weighted by atomic mass is 10.0. The summed E-state index contributed by atoms with van der Waals surface area (Å²) in [6.07, 6.45) is -2.17. The minimum Gasteiger partial charge on any atom is -0.398 e. The van der Waals surface area contributed by atoms with Gasteiger partial charge in [0.1, 0.15) is 6.10 Å². The van der Waals surface area contributed by atoms with Crippen molar-refractivity contribution in [2.45, 2.75) is 19.1 Å². The zero-order valence-corrected chi connectivity index (χ0v) is 10.8. The maximum Gasteiger partial charge on any atom is 0.185 e. The van der Waals surface area contributed by atoms with E-state index in [-0.39, 0.29) is 10.9 Å². The standard InChI is InChI=1S/C11H14ClNO3S/c1-6(14)17-5-10(15)11(16)8-3-2-7(12)4-9(8)13/h2-4,10-11,15-16H,5,13H2,1H3. The molecule has 0 saturated carbocycles. The number of thioether (sulfide) groups is 1. The van der Waals surface area contributed by atoms with Crippen molar-refractivity contribution in [2.75, 3.05) is 11.5 Å². The number of rotatable bonds is 4. The molecule has 1 rings (SSSR count). The van der Waals surface area contributed by atoms with Gasteiger partial charge in [-0.25, -0.2) is 0 Å². The van der Waals surface area contributed by atoms with Crippen LogP contribution in [0.15, 0.2) is 18.2 Å². The molecule has 4 nitrogen and oxygen atoms in total. The Bertz CT molecular complexity index is 414. The van der Waals surface area contributed by atoms with Gasteiger partial charge in [-0.1, -0.05) is 29.4 Å². The van der Waals surface area contributed by atoms with Crippen LogP contribution in [0.2, 0.25) is 5.02 Å². The summed E-state index contributed by atoms with van der Waals surface area (Å²) < 4.78 is 0. The van der Waals surface area contributed by atoms with Crippen LogP contribution in [0.3, 0.4) is 0 Å². The quantitative estimate of drug-likeness (QED) is 0.727. The van der Waals surface area contributed by atoms with E-state index in [1.165, 1.54) is 13.0 Å². The van der Waals surface area contributed by atoms with Gasteiger partial charge >= 0.3 is 0 Å². The molecular formula is C11H14ClNO3S. The summed E-state index contributed by atoms with van der Waals surface area (Å²) in [5, 5.41) is 19.9. The minimum absolute atomic E-state index is 0.111. The van der Waals surface area contributed by atoms with E-state index < -0.39 is 12.2 Å². The van der Waals surface area contributed by atoms with Gasteiger partial charge in [-0.15, -0.1) is 0 Å². The zero-order valence-electron chi connectivity index (χ0n) is 9.26. The van der Waals surface area contributed by atoms with Crippen molar-refractivity contribution in [1.82, 2.24) is 0 Å². The van der Waals surface area contributed by atoms with Crippen LogP contribution in [0, 0.1) is 0 Å². The highest BCUT2D eigenvalue weighted by Gasteiger charge is 2.21. The number of hydrogen-bond acceptors (Lipinski definition) is 5. The van der Waals surface area contributed by atoms with Crippen molar-refractivity contribution < 1.29 is 15.0 Å². The van der Waals surface area contributed by atoms with Crippen molar-refractivity contribution in [1.29, 1.82) is 0 Å². The molecule has 2 atom stereocenters. The summed E-state index contributed by atoms with van der Waals surface area (Å²) in [5.74, 6) is 0.124. The Morgan fingerprint density at radius 3 is 2.71 bits per heavy atom. The molecule has 1 aromatic rings. The number of nitrogens with two attached hydrogens (primary N) is 1. The van der Waals surface area contributed by atoms with Gasteiger partial charge in [0.2, 0.25) is 0 Å². The molecule has 94 valence electrons. The smallest absolute Gasteiger partial charge is 0.185 e. The molecular weight excluding hydrogens is 262 g/mol. The second-order valence-electron chi connectivity index (χ2n) is 3.59. The third-order valence-corrected chi connectivity index (χ3v) is 3.34. The van der Waals surface area contributed by atoms with E-state index in [1.54, 1.807) is 12.1 Å². The lowest BCUT2D eigenvalue weighted by Gasteiger charge is -2.19. The fourth-order valence-corrected chi connectivity index (χ4v) is 2.08. The average molecular weight is 276 g/mol. The number of aliphatic hydroxyl groups is 2. The first-order chi connectivity index (χ1) is 7.91. The number of nitrogen functional groups attached to an aromatic ring is 1. The Hall–Kier alpha value is -0.750. The summed E-state index contributed by atoms with van der Waals surface area (Å²) in [6.45, 7) is 1.40. The Kier molecular flexibility index (Phi) is 5.27. The molecule has 17 heavy (non-hydrogen) atoms. The molecule has 0 radical (unpaired) electrons. The second-order valence-corrected chi connectivity index (χ2v) is 5.22. The topological polar surface area (TPSA) is 83.5 Å². The molecule has 0 spiro atoms. The van der Waals surface area contributed by atoms with E-state index in [1.807, 2.05) is 0 Å². The molecule has 0 aliphatic carbocycles. The van der Waals surface area contributed by atoms with Crippen molar-refractivity contribution in [3.63, 3.8) is 0 Å². The van der Waals surface area contributed by atoms with E-state index in [0.717, 1.165) is 11.8 Å². The van der Waals surface area contributed by atoms with Gasteiger partial charge in [0.05, 0.1) is 6.10 Å². The molecule has 0 amide bonds. The van der Waals surface area contributed by atoms with Crippen LogP contribution in [0.4, 0.5) is 5.69 Å². The largest absolute Gasteiger partial charge is 0.398 e. The predicted molar refractivity (Wildman–Crippen MR) is 70.0 cm³/mol. The van der Waals surface area contributed by atoms with Crippen molar-refractivity contribution in [3.05, 3.63) is 28.8 Å². The highest BCUT2D eigenvalue weighted by molar-refractivity contribution is 8.13. The third kappa shape index (κ3) is 4.20. The Morgan fingerprint density at radius 1 is 1.53 bits per heavy atom. The Balaban J connectivity index is 2.74. The summed E-state index contributed by atoms with van der Waals surface area (Å²) in [4.78, 5) is 10.7. The van der Waals surface area contributed by atoms with Gasteiger partial charge in [-0.2, -0.15) is 0 Å². The Labute approximate surface area is 109 Å². The fraction of sp³-hybridized carbons (Fsp3) is 0.364.